The van der Waals surface area contributed by atoms with Crippen molar-refractivity contribution in [3.8, 4) is 0 Å². The molecule has 2 rings (SSSR count). The van der Waals surface area contributed by atoms with Gasteiger partial charge in [0.15, 0.2) is 5.96 Å². The van der Waals surface area contributed by atoms with Crippen LogP contribution in [0.3, 0.4) is 0 Å². The molecule has 0 unspecified atom stereocenters. The third-order valence-electron chi connectivity index (χ3n) is 3.89. The van der Waals surface area contributed by atoms with Crippen molar-refractivity contribution in [2.24, 2.45) is 4.99 Å². The van der Waals surface area contributed by atoms with Gasteiger partial charge in [-0.2, -0.15) is 13.2 Å². The first-order valence-electron chi connectivity index (χ1n) is 8.40. The molecular formula is C19H23F3N4. The summed E-state index contributed by atoms with van der Waals surface area (Å²) in [6.07, 6.45) is -0.999. The standard InChI is InChI=1S/C19H23F3N4/c1-14-3-4-16(13-26-14)10-12-25-18(23-2)24-11-9-15-5-7-17(8-6-15)19(20,21)22/h3-8,13H,9-12H2,1-2H3,(H2,23,24,25). The summed E-state index contributed by atoms with van der Waals surface area (Å²) in [6, 6.07) is 9.25. The van der Waals surface area contributed by atoms with E-state index in [0.717, 1.165) is 35.4 Å². The van der Waals surface area contributed by atoms with E-state index in [1.165, 1.54) is 12.1 Å². The Morgan fingerprint density at radius 1 is 0.962 bits per heavy atom. The van der Waals surface area contributed by atoms with Gasteiger partial charge in [0.2, 0.25) is 0 Å². The lowest BCUT2D eigenvalue weighted by Crippen LogP contribution is -2.39. The fourth-order valence-electron chi connectivity index (χ4n) is 2.38. The predicted octanol–water partition coefficient (Wildman–Crippen LogP) is 3.36. The molecule has 0 fully saturated rings. The van der Waals surface area contributed by atoms with Crippen LogP contribution in [0.1, 0.15) is 22.4 Å². The van der Waals surface area contributed by atoms with E-state index in [2.05, 4.69) is 20.6 Å². The second-order valence-electron chi connectivity index (χ2n) is 5.93. The van der Waals surface area contributed by atoms with E-state index >= 15 is 0 Å². The van der Waals surface area contributed by atoms with Crippen LogP contribution in [-0.4, -0.2) is 31.1 Å². The third kappa shape index (κ3) is 6.38. The summed E-state index contributed by atoms with van der Waals surface area (Å²) in [5.74, 6) is 0.664. The number of aromatic nitrogens is 1. The molecule has 0 saturated carbocycles. The van der Waals surface area contributed by atoms with E-state index in [-0.39, 0.29) is 0 Å². The van der Waals surface area contributed by atoms with Crippen LogP contribution in [-0.2, 0) is 19.0 Å². The number of guanidine groups is 1. The fraction of sp³-hybridized carbons (Fsp3) is 0.368. The van der Waals surface area contributed by atoms with Crippen molar-refractivity contribution in [3.05, 3.63) is 65.0 Å². The fourth-order valence-corrected chi connectivity index (χ4v) is 2.38. The highest BCUT2D eigenvalue weighted by Gasteiger charge is 2.29. The molecule has 140 valence electrons. The summed E-state index contributed by atoms with van der Waals surface area (Å²) < 4.78 is 37.6. The molecule has 0 aliphatic carbocycles. The molecule has 0 spiro atoms. The number of pyridine rings is 1. The lowest BCUT2D eigenvalue weighted by molar-refractivity contribution is -0.137. The minimum atomic E-state index is -4.30. The highest BCUT2D eigenvalue weighted by atomic mass is 19.4. The molecule has 2 N–H and O–H groups in total. The van der Waals surface area contributed by atoms with Crippen molar-refractivity contribution in [2.75, 3.05) is 20.1 Å². The molecule has 1 aromatic carbocycles. The van der Waals surface area contributed by atoms with E-state index in [9.17, 15) is 13.2 Å². The van der Waals surface area contributed by atoms with Gasteiger partial charge in [-0.25, -0.2) is 0 Å². The molecular weight excluding hydrogens is 341 g/mol. The summed E-state index contributed by atoms with van der Waals surface area (Å²) in [6.45, 7) is 3.24. The van der Waals surface area contributed by atoms with Gasteiger partial charge in [0.25, 0.3) is 0 Å². The van der Waals surface area contributed by atoms with Crippen LogP contribution in [0.2, 0.25) is 0 Å². The number of halogens is 3. The van der Waals surface area contributed by atoms with Gasteiger partial charge >= 0.3 is 6.18 Å². The predicted molar refractivity (Wildman–Crippen MR) is 97.2 cm³/mol. The zero-order valence-corrected chi connectivity index (χ0v) is 14.9. The van der Waals surface area contributed by atoms with E-state index in [1.807, 2.05) is 25.3 Å². The molecule has 0 amide bonds. The summed E-state index contributed by atoms with van der Waals surface area (Å²) in [5.41, 5.74) is 2.34. The van der Waals surface area contributed by atoms with Gasteiger partial charge in [-0.3, -0.25) is 9.98 Å². The Labute approximate surface area is 151 Å². The highest BCUT2D eigenvalue weighted by molar-refractivity contribution is 5.79. The van der Waals surface area contributed by atoms with Gasteiger partial charge in [0.1, 0.15) is 0 Å². The van der Waals surface area contributed by atoms with Crippen LogP contribution in [0.15, 0.2) is 47.6 Å². The van der Waals surface area contributed by atoms with Crippen molar-refractivity contribution < 1.29 is 13.2 Å². The Kier molecular flexibility index (Phi) is 7.00. The minimum Gasteiger partial charge on any atom is -0.356 e. The number of hydrogen-bond donors (Lipinski definition) is 2. The van der Waals surface area contributed by atoms with Gasteiger partial charge in [-0.05, 0) is 49.1 Å². The Bertz CT molecular complexity index is 707. The quantitative estimate of drug-likeness (QED) is 0.610. The summed E-state index contributed by atoms with van der Waals surface area (Å²) in [5, 5.41) is 6.37. The first kappa shape index (κ1) is 19.8. The van der Waals surface area contributed by atoms with Crippen LogP contribution in [0.4, 0.5) is 13.2 Å². The summed E-state index contributed by atoms with van der Waals surface area (Å²) in [4.78, 5) is 8.40. The maximum Gasteiger partial charge on any atom is 0.416 e. The van der Waals surface area contributed by atoms with E-state index in [4.69, 9.17) is 0 Å². The monoisotopic (exact) mass is 364 g/mol. The smallest absolute Gasteiger partial charge is 0.356 e. The topological polar surface area (TPSA) is 49.3 Å². The van der Waals surface area contributed by atoms with Gasteiger partial charge in [0.05, 0.1) is 5.56 Å². The molecule has 4 nitrogen and oxygen atoms in total. The molecule has 1 aromatic heterocycles. The molecule has 0 bridgehead atoms. The molecule has 7 heteroatoms. The Balaban J connectivity index is 1.72. The maximum atomic E-state index is 12.5. The SMILES string of the molecule is CN=C(NCCc1ccc(C(F)(F)F)cc1)NCCc1ccc(C)nc1. The zero-order chi connectivity index (χ0) is 19.0. The Hall–Kier alpha value is -2.57. The minimum absolute atomic E-state index is 0.580. The average Bonchev–Trinajstić information content (AvgIpc) is 2.61. The number of aliphatic imine (C=N–C) groups is 1. The second kappa shape index (κ2) is 9.22. The van der Waals surface area contributed by atoms with Crippen molar-refractivity contribution >= 4 is 5.96 Å². The van der Waals surface area contributed by atoms with E-state index < -0.39 is 11.7 Å². The van der Waals surface area contributed by atoms with Crippen molar-refractivity contribution in [2.45, 2.75) is 25.9 Å². The zero-order valence-electron chi connectivity index (χ0n) is 14.9. The van der Waals surface area contributed by atoms with Crippen LogP contribution in [0.25, 0.3) is 0 Å². The molecule has 26 heavy (non-hydrogen) atoms. The maximum absolute atomic E-state index is 12.5. The molecule has 0 radical (unpaired) electrons. The third-order valence-corrected chi connectivity index (χ3v) is 3.89. The molecule has 0 aliphatic heterocycles. The largest absolute Gasteiger partial charge is 0.416 e. The van der Waals surface area contributed by atoms with Gasteiger partial charge < -0.3 is 10.6 Å². The van der Waals surface area contributed by atoms with E-state index in [0.29, 0.717) is 25.5 Å². The normalized spacial score (nSPS) is 12.1. The number of rotatable bonds is 6. The summed E-state index contributed by atoms with van der Waals surface area (Å²) in [7, 11) is 1.68. The van der Waals surface area contributed by atoms with Gasteiger partial charge in [-0.15, -0.1) is 0 Å². The molecule has 0 atom stereocenters. The van der Waals surface area contributed by atoms with Gasteiger partial charge in [-0.1, -0.05) is 18.2 Å². The molecule has 1 heterocycles. The number of nitrogens with zero attached hydrogens (tertiary/aromatic N) is 2. The van der Waals surface area contributed by atoms with Crippen LogP contribution in [0.5, 0.6) is 0 Å². The summed E-state index contributed by atoms with van der Waals surface area (Å²) >= 11 is 0. The number of nitrogens with one attached hydrogen (secondary N) is 2. The molecule has 0 aliphatic rings. The van der Waals surface area contributed by atoms with Gasteiger partial charge in [0, 0.05) is 32.0 Å². The molecule has 2 aromatic rings. The van der Waals surface area contributed by atoms with Crippen LogP contribution >= 0.6 is 0 Å². The Morgan fingerprint density at radius 3 is 2.04 bits per heavy atom. The number of alkyl halides is 3. The number of aryl methyl sites for hydroxylation is 1. The lowest BCUT2D eigenvalue weighted by Gasteiger charge is -2.12. The first-order chi connectivity index (χ1) is 12.4. The van der Waals surface area contributed by atoms with Crippen LogP contribution in [0, 0.1) is 6.92 Å². The number of hydrogen-bond acceptors (Lipinski definition) is 2. The van der Waals surface area contributed by atoms with E-state index in [1.54, 1.807) is 7.05 Å². The average molecular weight is 364 g/mol. The van der Waals surface area contributed by atoms with Crippen molar-refractivity contribution in [1.29, 1.82) is 0 Å². The van der Waals surface area contributed by atoms with Crippen molar-refractivity contribution in [3.63, 3.8) is 0 Å². The van der Waals surface area contributed by atoms with Crippen molar-refractivity contribution in [1.82, 2.24) is 15.6 Å². The lowest BCUT2D eigenvalue weighted by atomic mass is 10.1. The highest BCUT2D eigenvalue weighted by Crippen LogP contribution is 2.29. The first-order valence-corrected chi connectivity index (χ1v) is 8.40. The number of benzene rings is 1. The Morgan fingerprint density at radius 2 is 1.54 bits per heavy atom. The second-order valence-corrected chi connectivity index (χ2v) is 5.93. The van der Waals surface area contributed by atoms with Crippen LogP contribution < -0.4 is 10.6 Å². The molecule has 0 saturated heterocycles.